The maximum atomic E-state index is 13.1. The van der Waals surface area contributed by atoms with Gasteiger partial charge in [-0.25, -0.2) is 4.39 Å². The minimum Gasteiger partial charge on any atom is -0.325 e. The van der Waals surface area contributed by atoms with Gasteiger partial charge in [-0.3, -0.25) is 4.99 Å². The molecule has 0 aliphatic carbocycles. The fourth-order valence-corrected chi connectivity index (χ4v) is 0.681. The molecule has 0 fully saturated rings. The van der Waals surface area contributed by atoms with Gasteiger partial charge in [-0.05, 0) is 18.9 Å². The number of hydrogen-bond acceptors (Lipinski definition) is 2. The number of allylic oxidation sites excluding steroid dienone is 1. The number of nitrogens with two attached hydrogens (primary N) is 1. The number of halogens is 1. The smallest absolute Gasteiger partial charge is 0.144 e. The highest BCUT2D eigenvalue weighted by Crippen LogP contribution is 2.10. The third kappa shape index (κ3) is 5.53. The van der Waals surface area contributed by atoms with Crippen LogP contribution in [0.25, 0.3) is 0 Å². The van der Waals surface area contributed by atoms with Crippen molar-refractivity contribution in [2.24, 2.45) is 10.7 Å². The second kappa shape index (κ2) is 9.39. The Morgan fingerprint density at radius 1 is 1.38 bits per heavy atom. The molecule has 0 heterocycles. The van der Waals surface area contributed by atoms with Crippen molar-refractivity contribution in [3.8, 4) is 0 Å². The van der Waals surface area contributed by atoms with Gasteiger partial charge in [0.25, 0.3) is 0 Å². The summed E-state index contributed by atoms with van der Waals surface area (Å²) in [7, 11) is 1.55. The van der Waals surface area contributed by atoms with Crippen LogP contribution in [0.1, 0.15) is 34.1 Å². The van der Waals surface area contributed by atoms with Gasteiger partial charge in [0.05, 0.1) is 5.71 Å². The minimum absolute atomic E-state index is 0.166. The van der Waals surface area contributed by atoms with E-state index < -0.39 is 0 Å². The Morgan fingerprint density at radius 2 is 1.85 bits per heavy atom. The van der Waals surface area contributed by atoms with E-state index in [-0.39, 0.29) is 12.4 Å². The molecular formula is C10H21FN2. The highest BCUT2D eigenvalue weighted by Gasteiger charge is 2.05. The molecule has 78 valence electrons. The van der Waals surface area contributed by atoms with E-state index in [4.69, 9.17) is 5.73 Å². The highest BCUT2D eigenvalue weighted by molar-refractivity contribution is 6.00. The van der Waals surface area contributed by atoms with Gasteiger partial charge in [0.15, 0.2) is 0 Å². The van der Waals surface area contributed by atoms with Crippen LogP contribution in [-0.4, -0.2) is 19.3 Å². The van der Waals surface area contributed by atoms with Crippen molar-refractivity contribution in [2.45, 2.75) is 34.1 Å². The van der Waals surface area contributed by atoms with Crippen LogP contribution < -0.4 is 5.73 Å². The molecule has 0 amide bonds. The molecule has 0 aliphatic heterocycles. The molecule has 0 unspecified atom stereocenters. The van der Waals surface area contributed by atoms with Gasteiger partial charge >= 0.3 is 0 Å². The van der Waals surface area contributed by atoms with Gasteiger partial charge < -0.3 is 5.73 Å². The molecule has 0 spiro atoms. The number of rotatable bonds is 3. The van der Waals surface area contributed by atoms with Crippen LogP contribution in [0.5, 0.6) is 0 Å². The minimum atomic E-state index is -0.252. The summed E-state index contributed by atoms with van der Waals surface area (Å²) in [5, 5.41) is 0. The first-order valence-electron chi connectivity index (χ1n) is 4.68. The molecule has 0 aromatic heterocycles. The molecule has 0 atom stereocenters. The van der Waals surface area contributed by atoms with Gasteiger partial charge in [-0.1, -0.05) is 20.8 Å². The van der Waals surface area contributed by atoms with Crippen LogP contribution in [0.3, 0.4) is 0 Å². The van der Waals surface area contributed by atoms with E-state index in [1.807, 2.05) is 20.8 Å². The maximum absolute atomic E-state index is 13.1. The summed E-state index contributed by atoms with van der Waals surface area (Å²) in [6, 6.07) is 0. The summed E-state index contributed by atoms with van der Waals surface area (Å²) in [6.07, 6.45) is 0.699. The maximum Gasteiger partial charge on any atom is 0.144 e. The van der Waals surface area contributed by atoms with E-state index in [0.29, 0.717) is 17.7 Å². The average Bonchev–Trinajstić information content (AvgIpc) is 2.21. The van der Waals surface area contributed by atoms with Gasteiger partial charge in [-0.15, -0.1) is 0 Å². The first-order chi connectivity index (χ1) is 6.17. The topological polar surface area (TPSA) is 38.4 Å². The predicted molar refractivity (Wildman–Crippen MR) is 57.9 cm³/mol. The van der Waals surface area contributed by atoms with Crippen LogP contribution in [0, 0.1) is 0 Å². The molecule has 0 aromatic rings. The molecule has 0 bridgehead atoms. The zero-order chi connectivity index (χ0) is 10.9. The second-order valence-corrected chi connectivity index (χ2v) is 2.32. The molecule has 0 saturated heterocycles. The van der Waals surface area contributed by atoms with Crippen molar-refractivity contribution in [2.75, 3.05) is 13.6 Å². The van der Waals surface area contributed by atoms with Crippen LogP contribution in [-0.2, 0) is 0 Å². The van der Waals surface area contributed by atoms with Crippen LogP contribution in [0.15, 0.2) is 16.4 Å². The Hall–Kier alpha value is -0.700. The standard InChI is InChI=1S/C8H15FN2.C2H6/c1-4-6(2)8(9)7(5-10)11-3;1-2/h4-5,10H2,1-3H3;1-2H3/b8-6+,11-7?;. The average molecular weight is 188 g/mol. The van der Waals surface area contributed by atoms with Crippen molar-refractivity contribution in [3.05, 3.63) is 11.4 Å². The van der Waals surface area contributed by atoms with Gasteiger partial charge in [0.2, 0.25) is 0 Å². The number of nitrogens with zero attached hydrogens (tertiary/aromatic N) is 1. The van der Waals surface area contributed by atoms with E-state index in [1.165, 1.54) is 0 Å². The lowest BCUT2D eigenvalue weighted by molar-refractivity contribution is 0.659. The van der Waals surface area contributed by atoms with Crippen molar-refractivity contribution in [1.29, 1.82) is 0 Å². The molecule has 0 saturated carbocycles. The van der Waals surface area contributed by atoms with Gasteiger partial charge in [0.1, 0.15) is 5.83 Å². The summed E-state index contributed by atoms with van der Waals surface area (Å²) in [4.78, 5) is 3.73. The Labute approximate surface area is 80.7 Å². The summed E-state index contributed by atoms with van der Waals surface area (Å²) in [6.45, 7) is 7.81. The summed E-state index contributed by atoms with van der Waals surface area (Å²) >= 11 is 0. The fourth-order valence-electron chi connectivity index (χ4n) is 0.681. The first kappa shape index (κ1) is 14.8. The van der Waals surface area contributed by atoms with Crippen molar-refractivity contribution >= 4 is 5.71 Å². The molecule has 13 heavy (non-hydrogen) atoms. The molecular weight excluding hydrogens is 167 g/mol. The third-order valence-corrected chi connectivity index (χ3v) is 1.62. The van der Waals surface area contributed by atoms with Crippen LogP contribution in [0.2, 0.25) is 0 Å². The Bertz CT molecular complexity index is 183. The monoisotopic (exact) mass is 188 g/mol. The Morgan fingerprint density at radius 3 is 2.08 bits per heavy atom. The van der Waals surface area contributed by atoms with E-state index in [9.17, 15) is 4.39 Å². The quantitative estimate of drug-likeness (QED) is 0.679. The molecule has 2 N–H and O–H groups in total. The number of aliphatic imine (C=N–C) groups is 1. The lowest BCUT2D eigenvalue weighted by Crippen LogP contribution is -2.15. The number of hydrogen-bond donors (Lipinski definition) is 1. The van der Waals surface area contributed by atoms with E-state index in [1.54, 1.807) is 14.0 Å². The van der Waals surface area contributed by atoms with Crippen molar-refractivity contribution in [1.82, 2.24) is 0 Å². The van der Waals surface area contributed by atoms with E-state index in [0.717, 1.165) is 0 Å². The first-order valence-corrected chi connectivity index (χ1v) is 4.68. The van der Waals surface area contributed by atoms with Crippen molar-refractivity contribution < 1.29 is 4.39 Å². The van der Waals surface area contributed by atoms with Crippen molar-refractivity contribution in [3.63, 3.8) is 0 Å². The summed E-state index contributed by atoms with van der Waals surface area (Å²) in [5.41, 5.74) is 6.33. The Kier molecular flexibility index (Phi) is 10.7. The van der Waals surface area contributed by atoms with E-state index in [2.05, 4.69) is 4.99 Å². The molecule has 3 heteroatoms. The Balaban J connectivity index is 0. The normalized spacial score (nSPS) is 13.0. The fraction of sp³-hybridized carbons (Fsp3) is 0.700. The SMILES string of the molecule is CC.CC/C(C)=C(/F)C(CN)=NC. The zero-order valence-electron chi connectivity index (χ0n) is 9.32. The van der Waals surface area contributed by atoms with Crippen LogP contribution in [0.4, 0.5) is 4.39 Å². The lowest BCUT2D eigenvalue weighted by atomic mass is 10.1. The molecule has 0 aliphatic rings. The highest BCUT2D eigenvalue weighted by atomic mass is 19.1. The van der Waals surface area contributed by atoms with Gasteiger partial charge in [-0.2, -0.15) is 0 Å². The predicted octanol–water partition coefficient (Wildman–Crippen LogP) is 2.70. The molecule has 0 rings (SSSR count). The third-order valence-electron chi connectivity index (χ3n) is 1.62. The largest absolute Gasteiger partial charge is 0.325 e. The van der Waals surface area contributed by atoms with E-state index >= 15 is 0 Å². The second-order valence-electron chi connectivity index (χ2n) is 2.32. The lowest BCUT2D eigenvalue weighted by Gasteiger charge is -2.02. The summed E-state index contributed by atoms with van der Waals surface area (Å²) < 4.78 is 13.1. The molecule has 0 radical (unpaired) electrons. The molecule has 2 nitrogen and oxygen atoms in total. The zero-order valence-corrected chi connectivity index (χ0v) is 9.32. The molecule has 0 aromatic carbocycles. The van der Waals surface area contributed by atoms with Gasteiger partial charge in [0, 0.05) is 13.6 Å². The van der Waals surface area contributed by atoms with Crippen LogP contribution >= 0.6 is 0 Å². The summed E-state index contributed by atoms with van der Waals surface area (Å²) in [5.74, 6) is -0.252.